The van der Waals surface area contributed by atoms with Crippen molar-refractivity contribution in [3.8, 4) is 11.5 Å². The average Bonchev–Trinajstić information content (AvgIpc) is 2.47. The quantitative estimate of drug-likeness (QED) is 0.655. The summed E-state index contributed by atoms with van der Waals surface area (Å²) in [5.74, 6) is -0.00172. The molecule has 0 fully saturated rings. The lowest BCUT2D eigenvalue weighted by atomic mass is 10.2. The second-order valence-corrected chi connectivity index (χ2v) is 4.94. The summed E-state index contributed by atoms with van der Waals surface area (Å²) in [6, 6.07) is 6.43. The van der Waals surface area contributed by atoms with Crippen molar-refractivity contribution in [2.45, 2.75) is 0 Å². The number of aromatic hydroxyl groups is 1. The number of hydrazone groups is 1. The van der Waals surface area contributed by atoms with E-state index in [9.17, 15) is 9.90 Å². The van der Waals surface area contributed by atoms with Gasteiger partial charge in [0.25, 0.3) is 5.91 Å². The molecular formula is C14H12BrN3O3. The fraction of sp³-hybridized carbons (Fsp3) is 0.0714. The molecule has 0 saturated heterocycles. The van der Waals surface area contributed by atoms with E-state index < -0.39 is 0 Å². The molecule has 2 N–H and O–H groups in total. The number of methoxy groups -OCH3 is 1. The standard InChI is InChI=1S/C14H12BrN3O3/c1-21-13-3-2-9(4-12(13)19)6-17-18-14(20)10-5-11(15)8-16-7-10/h2-8,19H,1H3,(H,18,20)/b17-6+. The Morgan fingerprint density at radius 2 is 2.24 bits per heavy atom. The number of rotatable bonds is 4. The predicted molar refractivity (Wildman–Crippen MR) is 81.7 cm³/mol. The van der Waals surface area contributed by atoms with Crippen LogP contribution in [0.1, 0.15) is 15.9 Å². The number of amides is 1. The molecule has 0 bridgehead atoms. The Kier molecular flexibility index (Phi) is 4.89. The topological polar surface area (TPSA) is 83.8 Å². The van der Waals surface area contributed by atoms with Gasteiger partial charge in [-0.05, 0) is 45.8 Å². The maximum absolute atomic E-state index is 11.8. The van der Waals surface area contributed by atoms with Crippen LogP contribution < -0.4 is 10.2 Å². The Labute approximate surface area is 129 Å². The van der Waals surface area contributed by atoms with Crippen LogP contribution in [0.5, 0.6) is 11.5 Å². The van der Waals surface area contributed by atoms with Crippen molar-refractivity contribution in [2.75, 3.05) is 7.11 Å². The van der Waals surface area contributed by atoms with Crippen LogP contribution in [0, 0.1) is 0 Å². The van der Waals surface area contributed by atoms with Gasteiger partial charge in [-0.1, -0.05) is 0 Å². The van der Waals surface area contributed by atoms with Gasteiger partial charge >= 0.3 is 0 Å². The SMILES string of the molecule is COc1ccc(/C=N/NC(=O)c2cncc(Br)c2)cc1O. The molecule has 2 aromatic rings. The molecule has 0 radical (unpaired) electrons. The van der Waals surface area contributed by atoms with E-state index in [1.807, 2.05) is 0 Å². The lowest BCUT2D eigenvalue weighted by molar-refractivity contribution is 0.0954. The van der Waals surface area contributed by atoms with Gasteiger partial charge in [-0.2, -0.15) is 5.10 Å². The number of phenols is 1. The lowest BCUT2D eigenvalue weighted by Crippen LogP contribution is -2.17. The van der Waals surface area contributed by atoms with Gasteiger partial charge in [0.15, 0.2) is 11.5 Å². The molecule has 0 atom stereocenters. The fourth-order valence-corrected chi connectivity index (χ4v) is 1.92. The third-order valence-corrected chi connectivity index (χ3v) is 2.98. The van der Waals surface area contributed by atoms with Crippen LogP contribution in [0.4, 0.5) is 0 Å². The largest absolute Gasteiger partial charge is 0.504 e. The van der Waals surface area contributed by atoms with Gasteiger partial charge in [-0.15, -0.1) is 0 Å². The number of pyridine rings is 1. The summed E-state index contributed by atoms with van der Waals surface area (Å²) in [5.41, 5.74) is 3.39. The van der Waals surface area contributed by atoms with E-state index >= 15 is 0 Å². The van der Waals surface area contributed by atoms with Crippen molar-refractivity contribution in [1.29, 1.82) is 0 Å². The van der Waals surface area contributed by atoms with Crippen molar-refractivity contribution < 1.29 is 14.6 Å². The molecule has 1 amide bonds. The highest BCUT2D eigenvalue weighted by atomic mass is 79.9. The van der Waals surface area contributed by atoms with Gasteiger partial charge < -0.3 is 9.84 Å². The van der Waals surface area contributed by atoms with Gasteiger partial charge in [-0.25, -0.2) is 5.43 Å². The van der Waals surface area contributed by atoms with Crippen LogP contribution in [0.15, 0.2) is 46.2 Å². The van der Waals surface area contributed by atoms with E-state index in [0.29, 0.717) is 21.3 Å². The molecule has 1 aromatic carbocycles. The van der Waals surface area contributed by atoms with E-state index in [4.69, 9.17) is 4.74 Å². The normalized spacial score (nSPS) is 10.6. The van der Waals surface area contributed by atoms with Crippen molar-refractivity contribution in [3.05, 3.63) is 52.3 Å². The fourth-order valence-electron chi connectivity index (χ4n) is 1.55. The number of hydrogen-bond donors (Lipinski definition) is 2. The Balaban J connectivity index is 2.02. The minimum absolute atomic E-state index is 0.00367. The number of nitrogens with zero attached hydrogens (tertiary/aromatic N) is 2. The second-order valence-electron chi connectivity index (χ2n) is 4.02. The molecule has 0 aliphatic heterocycles. The maximum atomic E-state index is 11.8. The Morgan fingerprint density at radius 1 is 1.43 bits per heavy atom. The summed E-state index contributed by atoms with van der Waals surface area (Å²) in [5, 5.41) is 13.4. The summed E-state index contributed by atoms with van der Waals surface area (Å²) < 4.78 is 5.64. The molecule has 0 spiro atoms. The minimum Gasteiger partial charge on any atom is -0.504 e. The molecule has 108 valence electrons. The van der Waals surface area contributed by atoms with Crippen LogP contribution in [0.3, 0.4) is 0 Å². The van der Waals surface area contributed by atoms with Crippen molar-refractivity contribution in [3.63, 3.8) is 0 Å². The van der Waals surface area contributed by atoms with Gasteiger partial charge in [0.2, 0.25) is 0 Å². The number of carbonyl (C=O) groups is 1. The second kappa shape index (κ2) is 6.85. The molecule has 0 saturated carbocycles. The third-order valence-electron chi connectivity index (χ3n) is 2.55. The molecular weight excluding hydrogens is 338 g/mol. The van der Waals surface area contributed by atoms with Gasteiger partial charge in [-0.3, -0.25) is 9.78 Å². The van der Waals surface area contributed by atoms with E-state index in [0.717, 1.165) is 0 Å². The predicted octanol–water partition coefficient (Wildman–Crippen LogP) is 2.32. The minimum atomic E-state index is -0.377. The van der Waals surface area contributed by atoms with Crippen LogP contribution >= 0.6 is 15.9 Å². The molecule has 1 aromatic heterocycles. The van der Waals surface area contributed by atoms with Gasteiger partial charge in [0, 0.05) is 16.9 Å². The number of halogens is 1. The van der Waals surface area contributed by atoms with Gasteiger partial charge in [0.1, 0.15) is 0 Å². The first kappa shape index (κ1) is 15.0. The first-order valence-corrected chi connectivity index (χ1v) is 6.70. The molecule has 0 aliphatic rings. The Hall–Kier alpha value is -2.41. The third kappa shape index (κ3) is 4.03. The van der Waals surface area contributed by atoms with Gasteiger partial charge in [0.05, 0.1) is 18.9 Å². The zero-order valence-corrected chi connectivity index (χ0v) is 12.7. The number of ether oxygens (including phenoxy) is 1. The summed E-state index contributed by atoms with van der Waals surface area (Å²) in [6.07, 6.45) is 4.44. The van der Waals surface area contributed by atoms with E-state index in [2.05, 4.69) is 31.4 Å². The Morgan fingerprint density at radius 3 is 2.90 bits per heavy atom. The molecule has 0 unspecified atom stereocenters. The first-order chi connectivity index (χ1) is 10.1. The van der Waals surface area contributed by atoms with E-state index in [1.165, 1.54) is 25.6 Å². The molecule has 2 rings (SSSR count). The maximum Gasteiger partial charge on any atom is 0.272 e. The number of nitrogens with one attached hydrogen (secondary N) is 1. The Bertz CT molecular complexity index is 689. The number of benzene rings is 1. The van der Waals surface area contributed by atoms with Crippen LogP contribution in [0.2, 0.25) is 0 Å². The zero-order chi connectivity index (χ0) is 15.2. The molecule has 1 heterocycles. The van der Waals surface area contributed by atoms with Crippen LogP contribution in [0.25, 0.3) is 0 Å². The lowest BCUT2D eigenvalue weighted by Gasteiger charge is -2.03. The summed E-state index contributed by atoms with van der Waals surface area (Å²) >= 11 is 3.24. The molecule has 7 heteroatoms. The number of aromatic nitrogens is 1. The summed E-state index contributed by atoms with van der Waals surface area (Å²) in [7, 11) is 1.47. The van der Waals surface area contributed by atoms with Crippen LogP contribution in [-0.2, 0) is 0 Å². The number of hydrogen-bond acceptors (Lipinski definition) is 5. The average molecular weight is 350 g/mol. The van der Waals surface area contributed by atoms with E-state index in [1.54, 1.807) is 24.4 Å². The monoisotopic (exact) mass is 349 g/mol. The van der Waals surface area contributed by atoms with E-state index in [-0.39, 0.29) is 11.7 Å². The van der Waals surface area contributed by atoms with Crippen molar-refractivity contribution in [2.24, 2.45) is 5.10 Å². The molecule has 0 aliphatic carbocycles. The smallest absolute Gasteiger partial charge is 0.272 e. The molecule has 6 nitrogen and oxygen atoms in total. The first-order valence-electron chi connectivity index (χ1n) is 5.91. The number of phenolic OH excluding ortho intramolecular Hbond substituents is 1. The highest BCUT2D eigenvalue weighted by molar-refractivity contribution is 9.10. The summed E-state index contributed by atoms with van der Waals surface area (Å²) in [6.45, 7) is 0. The summed E-state index contributed by atoms with van der Waals surface area (Å²) in [4.78, 5) is 15.7. The van der Waals surface area contributed by atoms with Crippen molar-refractivity contribution in [1.82, 2.24) is 10.4 Å². The van der Waals surface area contributed by atoms with Crippen molar-refractivity contribution >= 4 is 28.1 Å². The van der Waals surface area contributed by atoms with Crippen LogP contribution in [-0.4, -0.2) is 29.3 Å². The highest BCUT2D eigenvalue weighted by Gasteiger charge is 2.05. The zero-order valence-electron chi connectivity index (χ0n) is 11.1. The highest BCUT2D eigenvalue weighted by Crippen LogP contribution is 2.25. The molecule has 21 heavy (non-hydrogen) atoms. The number of carbonyl (C=O) groups excluding carboxylic acids is 1.